The van der Waals surface area contributed by atoms with Crippen molar-refractivity contribution in [3.63, 3.8) is 0 Å². The van der Waals surface area contributed by atoms with Crippen LogP contribution >= 0.6 is 39.1 Å². The summed E-state index contributed by atoms with van der Waals surface area (Å²) < 4.78 is 22.1. The van der Waals surface area contributed by atoms with Gasteiger partial charge in [0.1, 0.15) is 12.0 Å². The fourth-order valence-corrected chi connectivity index (χ4v) is 4.55. The molecule has 0 radical (unpaired) electrons. The summed E-state index contributed by atoms with van der Waals surface area (Å²) in [6.45, 7) is 0.386. The molecule has 0 unspecified atom stereocenters. The zero-order valence-corrected chi connectivity index (χ0v) is 19.2. The first-order valence-corrected chi connectivity index (χ1v) is 11.0. The van der Waals surface area contributed by atoms with Crippen LogP contribution in [-0.2, 0) is 9.53 Å². The Balaban J connectivity index is 1.75. The number of carboxylic acid groups (broad SMARTS) is 1. The van der Waals surface area contributed by atoms with Gasteiger partial charge in [0.15, 0.2) is 5.69 Å². The van der Waals surface area contributed by atoms with Gasteiger partial charge in [-0.1, -0.05) is 27.9 Å². The fourth-order valence-electron chi connectivity index (χ4n) is 3.62. The molecule has 4 rings (SSSR count). The Kier molecular flexibility index (Phi) is 6.61. The molecule has 1 aliphatic rings. The number of aliphatic carboxylic acids is 1. The number of hydrogen-bond acceptors (Lipinski definition) is 5. The van der Waals surface area contributed by atoms with Crippen LogP contribution in [0, 0.1) is 0 Å². The Morgan fingerprint density at radius 1 is 1.42 bits per heavy atom. The van der Waals surface area contributed by atoms with E-state index in [1.807, 2.05) is 17.0 Å². The number of alkyl halides is 1. The molecule has 2 aromatic heterocycles. The van der Waals surface area contributed by atoms with Gasteiger partial charge in [-0.3, -0.25) is 4.79 Å². The second-order valence-corrected chi connectivity index (χ2v) is 8.74. The highest BCUT2D eigenvalue weighted by Crippen LogP contribution is 2.39. The van der Waals surface area contributed by atoms with Crippen molar-refractivity contribution >= 4 is 61.8 Å². The Morgan fingerprint density at radius 3 is 2.94 bits per heavy atom. The SMILES string of the molecule is O=C(O)CCOC[C@@H]1C[C@@H](F)CN1c1cc(-[n+]2c[nH]cn2)c2cc(Br)c(Cl)c(Cl)c2n1. The molecule has 0 amide bonds. The normalized spacial score (nSPS) is 18.8. The van der Waals surface area contributed by atoms with Crippen LogP contribution in [0.2, 0.25) is 10.0 Å². The molecule has 31 heavy (non-hydrogen) atoms. The van der Waals surface area contributed by atoms with E-state index < -0.39 is 12.1 Å². The molecular weight excluding hydrogens is 516 g/mol. The van der Waals surface area contributed by atoms with Gasteiger partial charge in [0.25, 0.3) is 6.33 Å². The minimum absolute atomic E-state index is 0.0611. The van der Waals surface area contributed by atoms with E-state index in [-0.39, 0.29) is 43.7 Å². The summed E-state index contributed by atoms with van der Waals surface area (Å²) >= 11 is 16.2. The molecule has 3 aromatic rings. The molecular formula is C19H18BrCl2FN5O3+. The summed E-state index contributed by atoms with van der Waals surface area (Å²) in [7, 11) is 0. The number of H-pyrrole nitrogens is 1. The molecule has 1 fully saturated rings. The van der Waals surface area contributed by atoms with E-state index >= 15 is 0 Å². The zero-order chi connectivity index (χ0) is 22.1. The van der Waals surface area contributed by atoms with Gasteiger partial charge in [-0.05, 0) is 27.1 Å². The first kappa shape index (κ1) is 22.2. The highest BCUT2D eigenvalue weighted by Gasteiger charge is 2.34. The van der Waals surface area contributed by atoms with E-state index in [9.17, 15) is 9.18 Å². The van der Waals surface area contributed by atoms with Crippen LogP contribution in [-0.4, -0.2) is 58.1 Å². The van der Waals surface area contributed by atoms with E-state index in [0.29, 0.717) is 31.9 Å². The van der Waals surface area contributed by atoms with Crippen molar-refractivity contribution in [3.05, 3.63) is 39.3 Å². The largest absolute Gasteiger partial charge is 0.481 e. The molecule has 0 spiro atoms. The minimum atomic E-state index is -1.06. The monoisotopic (exact) mass is 532 g/mol. The van der Waals surface area contributed by atoms with Gasteiger partial charge in [-0.2, -0.15) is 0 Å². The molecule has 1 saturated heterocycles. The van der Waals surface area contributed by atoms with Gasteiger partial charge in [-0.15, -0.1) is 0 Å². The third-order valence-electron chi connectivity index (χ3n) is 5.03. The quantitative estimate of drug-likeness (QED) is 0.273. The number of benzene rings is 1. The number of nitrogens with one attached hydrogen (secondary N) is 1. The molecule has 164 valence electrons. The summed E-state index contributed by atoms with van der Waals surface area (Å²) in [4.78, 5) is 20.1. The van der Waals surface area contributed by atoms with Gasteiger partial charge >= 0.3 is 5.97 Å². The Hall–Kier alpha value is -2.01. The number of carboxylic acids is 1. The van der Waals surface area contributed by atoms with Crippen molar-refractivity contribution < 1.29 is 23.7 Å². The molecule has 0 aliphatic carbocycles. The number of fused-ring (bicyclic) bond motifs is 1. The zero-order valence-electron chi connectivity index (χ0n) is 16.1. The number of aromatic amines is 1. The Morgan fingerprint density at radius 2 is 2.23 bits per heavy atom. The predicted octanol–water partition coefficient (Wildman–Crippen LogP) is 3.71. The standard InChI is InChI=1S/C19H17BrCl2FN5O3/c20-13-4-12-14(28-9-24-8-25-28)5-15(26-19(12)18(22)17(13)21)27-6-10(23)3-11(27)7-31-2-1-16(29)30/h4-5,8-11H,1-3,6-7H2,(H,29,30)/p+1/t10-,11+/m1/s1. The Labute approximate surface area is 195 Å². The average Bonchev–Trinajstić information content (AvgIpc) is 3.39. The van der Waals surface area contributed by atoms with Crippen LogP contribution in [0.5, 0.6) is 0 Å². The molecule has 12 heteroatoms. The summed E-state index contributed by atoms with van der Waals surface area (Å²) in [5.74, 6) is -0.438. The maximum atomic E-state index is 14.3. The lowest BCUT2D eigenvalue weighted by Crippen LogP contribution is -2.36. The maximum absolute atomic E-state index is 14.3. The molecule has 2 atom stereocenters. The molecule has 1 aliphatic heterocycles. The summed E-state index contributed by atoms with van der Waals surface area (Å²) in [5, 5.41) is 14.4. The maximum Gasteiger partial charge on any atom is 0.305 e. The lowest BCUT2D eigenvalue weighted by molar-refractivity contribution is -0.655. The smallest absolute Gasteiger partial charge is 0.305 e. The topological polar surface area (TPSA) is 95.2 Å². The van der Waals surface area contributed by atoms with E-state index in [2.05, 4.69) is 26.0 Å². The van der Waals surface area contributed by atoms with Crippen molar-refractivity contribution in [3.8, 4) is 5.69 Å². The van der Waals surface area contributed by atoms with Crippen LogP contribution in [0.4, 0.5) is 10.2 Å². The second-order valence-electron chi connectivity index (χ2n) is 7.12. The van der Waals surface area contributed by atoms with E-state index in [0.717, 1.165) is 0 Å². The molecule has 0 saturated carbocycles. The van der Waals surface area contributed by atoms with Gasteiger partial charge in [0, 0.05) is 17.0 Å². The van der Waals surface area contributed by atoms with Gasteiger partial charge < -0.3 is 14.7 Å². The van der Waals surface area contributed by atoms with Crippen LogP contribution in [0.1, 0.15) is 12.8 Å². The van der Waals surface area contributed by atoms with Crippen LogP contribution in [0.3, 0.4) is 0 Å². The number of hydrogen-bond donors (Lipinski definition) is 2. The van der Waals surface area contributed by atoms with Crippen molar-refractivity contribution in [1.82, 2.24) is 15.1 Å². The first-order valence-electron chi connectivity index (χ1n) is 9.44. The lowest BCUT2D eigenvalue weighted by atomic mass is 10.1. The van der Waals surface area contributed by atoms with Gasteiger partial charge in [0.2, 0.25) is 6.33 Å². The van der Waals surface area contributed by atoms with Crippen molar-refractivity contribution in [2.24, 2.45) is 0 Å². The number of carbonyl (C=O) groups is 1. The fraction of sp³-hybridized carbons (Fsp3) is 0.368. The van der Waals surface area contributed by atoms with Crippen molar-refractivity contribution in [1.29, 1.82) is 0 Å². The number of halogens is 4. The number of aromatic nitrogens is 4. The average molecular weight is 534 g/mol. The third-order valence-corrected chi connectivity index (χ3v) is 6.74. The van der Waals surface area contributed by atoms with Crippen LogP contribution in [0.15, 0.2) is 29.3 Å². The molecule has 0 bridgehead atoms. The lowest BCUT2D eigenvalue weighted by Gasteiger charge is -2.26. The number of rotatable bonds is 7. The van der Waals surface area contributed by atoms with Crippen molar-refractivity contribution in [2.75, 3.05) is 24.7 Å². The van der Waals surface area contributed by atoms with Crippen LogP contribution < -0.4 is 9.58 Å². The highest BCUT2D eigenvalue weighted by atomic mass is 79.9. The van der Waals surface area contributed by atoms with Crippen LogP contribution in [0.25, 0.3) is 16.6 Å². The first-order chi connectivity index (χ1) is 14.8. The predicted molar refractivity (Wildman–Crippen MR) is 117 cm³/mol. The minimum Gasteiger partial charge on any atom is -0.481 e. The number of pyridine rings is 1. The Bertz CT molecular complexity index is 1120. The highest BCUT2D eigenvalue weighted by molar-refractivity contribution is 9.10. The summed E-state index contributed by atoms with van der Waals surface area (Å²) in [6, 6.07) is 3.32. The third kappa shape index (κ3) is 4.62. The molecule has 2 N–H and O–H groups in total. The van der Waals surface area contributed by atoms with Crippen molar-refractivity contribution in [2.45, 2.75) is 25.1 Å². The van der Waals surface area contributed by atoms with E-state index in [4.69, 9.17) is 38.0 Å². The van der Waals surface area contributed by atoms with E-state index in [1.54, 1.807) is 11.0 Å². The van der Waals surface area contributed by atoms with Gasteiger partial charge in [0.05, 0.1) is 53.2 Å². The summed E-state index contributed by atoms with van der Waals surface area (Å²) in [5.41, 5.74) is 1.15. The van der Waals surface area contributed by atoms with Gasteiger partial charge in [-0.25, -0.2) is 14.4 Å². The summed E-state index contributed by atoms with van der Waals surface area (Å²) in [6.07, 6.45) is 2.29. The molecule has 3 heterocycles. The van der Waals surface area contributed by atoms with E-state index in [1.165, 1.54) is 6.33 Å². The molecule has 8 nitrogen and oxygen atoms in total. The molecule has 1 aromatic carbocycles. The number of nitrogens with zero attached hydrogens (tertiary/aromatic N) is 4. The number of anilines is 1. The number of ether oxygens (including phenoxy) is 1. The second kappa shape index (κ2) is 9.23.